The highest BCUT2D eigenvalue weighted by Crippen LogP contribution is 2.19. The van der Waals surface area contributed by atoms with Crippen LogP contribution in [0.5, 0.6) is 5.75 Å². The summed E-state index contributed by atoms with van der Waals surface area (Å²) in [7, 11) is 0. The van der Waals surface area contributed by atoms with E-state index in [9.17, 15) is 0 Å². The van der Waals surface area contributed by atoms with Crippen molar-refractivity contribution in [2.24, 2.45) is 0 Å². The minimum atomic E-state index is 0.613. The van der Waals surface area contributed by atoms with Crippen molar-refractivity contribution in [3.05, 3.63) is 36.5 Å². The lowest BCUT2D eigenvalue weighted by molar-refractivity contribution is 0.295. The molecule has 1 unspecified atom stereocenters. The summed E-state index contributed by atoms with van der Waals surface area (Å²) in [6, 6.07) is 10.7. The van der Waals surface area contributed by atoms with Crippen LogP contribution in [0.15, 0.2) is 36.5 Å². The summed E-state index contributed by atoms with van der Waals surface area (Å²) in [5.74, 6) is 0.910. The number of nitrogens with zero attached hydrogens (tertiary/aromatic N) is 1. The summed E-state index contributed by atoms with van der Waals surface area (Å²) in [5, 5.41) is 4.64. The first-order valence-electron chi connectivity index (χ1n) is 7.54. The van der Waals surface area contributed by atoms with E-state index < -0.39 is 0 Å². The van der Waals surface area contributed by atoms with E-state index in [4.69, 9.17) is 4.74 Å². The molecule has 0 bridgehead atoms. The van der Waals surface area contributed by atoms with Crippen LogP contribution in [-0.4, -0.2) is 24.2 Å². The van der Waals surface area contributed by atoms with Crippen molar-refractivity contribution in [2.75, 3.05) is 13.2 Å². The van der Waals surface area contributed by atoms with Crippen LogP contribution in [0, 0.1) is 0 Å². The summed E-state index contributed by atoms with van der Waals surface area (Å²) < 4.78 is 5.82. The number of benzene rings is 1. The molecule has 1 heterocycles. The second-order valence-electron chi connectivity index (χ2n) is 5.01. The SMILES string of the molecule is CCNC(CC)CCCOc1ccc2cccnc2c1. The molecule has 0 spiro atoms. The molecular formula is C17H24N2O. The Morgan fingerprint density at radius 2 is 2.15 bits per heavy atom. The van der Waals surface area contributed by atoms with Crippen LogP contribution in [0.1, 0.15) is 33.1 Å². The molecule has 2 aromatic rings. The van der Waals surface area contributed by atoms with Gasteiger partial charge in [-0.05, 0) is 44.0 Å². The minimum Gasteiger partial charge on any atom is -0.494 e. The average molecular weight is 272 g/mol. The van der Waals surface area contributed by atoms with E-state index in [0.29, 0.717) is 6.04 Å². The molecule has 0 saturated heterocycles. The Morgan fingerprint density at radius 3 is 2.95 bits per heavy atom. The molecule has 0 fully saturated rings. The minimum absolute atomic E-state index is 0.613. The highest BCUT2D eigenvalue weighted by molar-refractivity contribution is 5.79. The van der Waals surface area contributed by atoms with Gasteiger partial charge in [0.25, 0.3) is 0 Å². The standard InChI is InChI=1S/C17H24N2O/c1-3-15(18-4-2)8-6-12-20-16-10-9-14-7-5-11-19-17(14)13-16/h5,7,9-11,13,15,18H,3-4,6,8,12H2,1-2H3. The lowest BCUT2D eigenvalue weighted by Crippen LogP contribution is -2.28. The van der Waals surface area contributed by atoms with Gasteiger partial charge in [-0.3, -0.25) is 4.98 Å². The zero-order valence-electron chi connectivity index (χ0n) is 12.4. The molecule has 2 rings (SSSR count). The highest BCUT2D eigenvalue weighted by atomic mass is 16.5. The number of nitrogens with one attached hydrogen (secondary N) is 1. The van der Waals surface area contributed by atoms with E-state index in [2.05, 4.69) is 36.3 Å². The molecule has 108 valence electrons. The number of fused-ring (bicyclic) bond motifs is 1. The molecule has 0 aliphatic carbocycles. The van der Waals surface area contributed by atoms with Gasteiger partial charge in [0.15, 0.2) is 0 Å². The van der Waals surface area contributed by atoms with Gasteiger partial charge in [-0.1, -0.05) is 19.9 Å². The number of ether oxygens (including phenoxy) is 1. The Hall–Kier alpha value is -1.61. The fourth-order valence-corrected chi connectivity index (χ4v) is 2.39. The molecule has 0 saturated carbocycles. The smallest absolute Gasteiger partial charge is 0.121 e. The number of hydrogen-bond acceptors (Lipinski definition) is 3. The number of pyridine rings is 1. The zero-order chi connectivity index (χ0) is 14.2. The van der Waals surface area contributed by atoms with Crippen LogP contribution in [-0.2, 0) is 0 Å². The van der Waals surface area contributed by atoms with Gasteiger partial charge < -0.3 is 10.1 Å². The Kier molecular flexibility index (Phi) is 5.81. The number of rotatable bonds is 8. The molecule has 3 nitrogen and oxygen atoms in total. The van der Waals surface area contributed by atoms with Crippen molar-refractivity contribution in [3.8, 4) is 5.75 Å². The first kappa shape index (κ1) is 14.8. The highest BCUT2D eigenvalue weighted by Gasteiger charge is 2.04. The molecule has 20 heavy (non-hydrogen) atoms. The molecule has 1 aromatic carbocycles. The predicted molar refractivity (Wildman–Crippen MR) is 84.2 cm³/mol. The second kappa shape index (κ2) is 7.85. The van der Waals surface area contributed by atoms with Crippen molar-refractivity contribution in [1.29, 1.82) is 0 Å². The lowest BCUT2D eigenvalue weighted by Gasteiger charge is -2.15. The summed E-state index contributed by atoms with van der Waals surface area (Å²) >= 11 is 0. The molecule has 0 aliphatic rings. The van der Waals surface area contributed by atoms with Crippen LogP contribution in [0.2, 0.25) is 0 Å². The monoisotopic (exact) mass is 272 g/mol. The molecule has 1 N–H and O–H groups in total. The summed E-state index contributed by atoms with van der Waals surface area (Å²) in [5.41, 5.74) is 0.990. The maximum absolute atomic E-state index is 5.82. The zero-order valence-corrected chi connectivity index (χ0v) is 12.4. The quantitative estimate of drug-likeness (QED) is 0.743. The summed E-state index contributed by atoms with van der Waals surface area (Å²) in [4.78, 5) is 4.35. The van der Waals surface area contributed by atoms with Crippen LogP contribution in [0.3, 0.4) is 0 Å². The van der Waals surface area contributed by atoms with Gasteiger partial charge in [-0.2, -0.15) is 0 Å². The second-order valence-corrected chi connectivity index (χ2v) is 5.01. The maximum atomic E-state index is 5.82. The van der Waals surface area contributed by atoms with Gasteiger partial charge in [-0.15, -0.1) is 0 Å². The van der Waals surface area contributed by atoms with Crippen LogP contribution >= 0.6 is 0 Å². The van der Waals surface area contributed by atoms with Gasteiger partial charge in [0.1, 0.15) is 5.75 Å². The van der Waals surface area contributed by atoms with Gasteiger partial charge in [0, 0.05) is 23.7 Å². The van der Waals surface area contributed by atoms with E-state index in [1.807, 2.05) is 24.4 Å². The van der Waals surface area contributed by atoms with Gasteiger partial charge in [-0.25, -0.2) is 0 Å². The van der Waals surface area contributed by atoms with Crippen LogP contribution in [0.25, 0.3) is 10.9 Å². The molecule has 0 amide bonds. The van der Waals surface area contributed by atoms with Crippen molar-refractivity contribution >= 4 is 10.9 Å². The first-order valence-corrected chi connectivity index (χ1v) is 7.54. The van der Waals surface area contributed by atoms with Crippen molar-refractivity contribution in [1.82, 2.24) is 10.3 Å². The molecule has 3 heteroatoms. The lowest BCUT2D eigenvalue weighted by atomic mass is 10.1. The van der Waals surface area contributed by atoms with E-state index in [-0.39, 0.29) is 0 Å². The van der Waals surface area contributed by atoms with E-state index in [1.165, 1.54) is 6.42 Å². The third-order valence-corrected chi connectivity index (χ3v) is 3.53. The van der Waals surface area contributed by atoms with Crippen molar-refractivity contribution in [2.45, 2.75) is 39.2 Å². The Morgan fingerprint density at radius 1 is 1.25 bits per heavy atom. The fraction of sp³-hybridized carbons (Fsp3) is 0.471. The van der Waals surface area contributed by atoms with Gasteiger partial charge in [0.2, 0.25) is 0 Å². The molecule has 1 atom stereocenters. The van der Waals surface area contributed by atoms with E-state index in [0.717, 1.165) is 42.6 Å². The summed E-state index contributed by atoms with van der Waals surface area (Å²) in [6.07, 6.45) is 5.23. The predicted octanol–water partition coefficient (Wildman–Crippen LogP) is 3.78. The number of aromatic nitrogens is 1. The Balaban J connectivity index is 1.80. The van der Waals surface area contributed by atoms with Gasteiger partial charge in [0.05, 0.1) is 12.1 Å². The topological polar surface area (TPSA) is 34.1 Å². The third-order valence-electron chi connectivity index (χ3n) is 3.53. The Labute approximate surface area is 121 Å². The van der Waals surface area contributed by atoms with Gasteiger partial charge >= 0.3 is 0 Å². The van der Waals surface area contributed by atoms with E-state index in [1.54, 1.807) is 0 Å². The van der Waals surface area contributed by atoms with Crippen LogP contribution < -0.4 is 10.1 Å². The normalized spacial score (nSPS) is 12.5. The van der Waals surface area contributed by atoms with Crippen molar-refractivity contribution in [3.63, 3.8) is 0 Å². The molecular weight excluding hydrogens is 248 g/mol. The number of hydrogen-bond donors (Lipinski definition) is 1. The first-order chi connectivity index (χ1) is 9.83. The maximum Gasteiger partial charge on any atom is 0.121 e. The van der Waals surface area contributed by atoms with Crippen molar-refractivity contribution < 1.29 is 4.74 Å². The van der Waals surface area contributed by atoms with Crippen LogP contribution in [0.4, 0.5) is 0 Å². The molecule has 1 aromatic heterocycles. The Bertz CT molecular complexity index is 527. The fourth-order valence-electron chi connectivity index (χ4n) is 2.39. The molecule has 0 aliphatic heterocycles. The molecule has 0 radical (unpaired) electrons. The third kappa shape index (κ3) is 4.20. The summed E-state index contributed by atoms with van der Waals surface area (Å²) in [6.45, 7) is 6.18. The average Bonchev–Trinajstić information content (AvgIpc) is 2.50. The largest absolute Gasteiger partial charge is 0.494 e. The van der Waals surface area contributed by atoms with E-state index >= 15 is 0 Å².